The number of nitrogens with zero attached hydrogens (tertiary/aromatic N) is 2. The second kappa shape index (κ2) is 8.96. The summed E-state index contributed by atoms with van der Waals surface area (Å²) in [6, 6.07) is 22.2. The van der Waals surface area contributed by atoms with Gasteiger partial charge in [-0.1, -0.05) is 48.5 Å². The molecule has 1 N–H and O–H groups in total. The van der Waals surface area contributed by atoms with Gasteiger partial charge in [-0.3, -0.25) is 9.78 Å². The van der Waals surface area contributed by atoms with E-state index in [1.807, 2.05) is 54.6 Å². The number of para-hydroxylation sites is 1. The number of esters is 1. The van der Waals surface area contributed by atoms with Crippen molar-refractivity contribution >= 4 is 22.8 Å². The summed E-state index contributed by atoms with van der Waals surface area (Å²) >= 11 is 0. The fourth-order valence-electron chi connectivity index (χ4n) is 3.09. The molecule has 0 aliphatic carbocycles. The summed E-state index contributed by atoms with van der Waals surface area (Å²) in [5.74, 6) is -0.721. The van der Waals surface area contributed by atoms with Gasteiger partial charge >= 0.3 is 5.97 Å². The van der Waals surface area contributed by atoms with Crippen LogP contribution >= 0.6 is 0 Å². The first-order valence-electron chi connectivity index (χ1n) is 9.53. The molecule has 6 heteroatoms. The topological polar surface area (TPSA) is 81.2 Å². The standard InChI is InChI=1S/C24H19N3O3/c28-23(18-9-6-12-25-16-18)26-13-14-30-24(29)20-15-22(17-7-2-1-3-8-17)27-21-11-5-4-10-19(20)21/h1-12,15-16H,13-14H2,(H,26,28). The van der Waals surface area contributed by atoms with E-state index in [2.05, 4.69) is 15.3 Å². The summed E-state index contributed by atoms with van der Waals surface area (Å²) in [5, 5.41) is 3.44. The molecule has 4 aromatic rings. The van der Waals surface area contributed by atoms with Crippen molar-refractivity contribution in [3.63, 3.8) is 0 Å². The first kappa shape index (κ1) is 19.3. The van der Waals surface area contributed by atoms with Crippen LogP contribution in [0.15, 0.2) is 85.2 Å². The van der Waals surface area contributed by atoms with Gasteiger partial charge in [-0.2, -0.15) is 0 Å². The molecule has 2 heterocycles. The number of fused-ring (bicyclic) bond motifs is 1. The molecule has 0 spiro atoms. The average Bonchev–Trinajstić information content (AvgIpc) is 2.82. The molecule has 0 saturated heterocycles. The minimum Gasteiger partial charge on any atom is -0.460 e. The third kappa shape index (κ3) is 4.33. The van der Waals surface area contributed by atoms with E-state index in [0.717, 1.165) is 16.5 Å². The Morgan fingerprint density at radius 1 is 0.933 bits per heavy atom. The fourth-order valence-corrected chi connectivity index (χ4v) is 3.09. The highest BCUT2D eigenvalue weighted by Crippen LogP contribution is 2.25. The summed E-state index contributed by atoms with van der Waals surface area (Å²) in [4.78, 5) is 33.4. The van der Waals surface area contributed by atoms with Gasteiger partial charge in [0.15, 0.2) is 0 Å². The van der Waals surface area contributed by atoms with Crippen LogP contribution in [-0.4, -0.2) is 35.0 Å². The van der Waals surface area contributed by atoms with Crippen molar-refractivity contribution in [2.45, 2.75) is 0 Å². The molecule has 0 aliphatic rings. The molecular weight excluding hydrogens is 378 g/mol. The molecule has 0 fully saturated rings. The lowest BCUT2D eigenvalue weighted by Crippen LogP contribution is -2.28. The van der Waals surface area contributed by atoms with E-state index in [1.54, 1.807) is 24.4 Å². The van der Waals surface area contributed by atoms with Crippen molar-refractivity contribution in [2.24, 2.45) is 0 Å². The van der Waals surface area contributed by atoms with Gasteiger partial charge < -0.3 is 10.1 Å². The van der Waals surface area contributed by atoms with Gasteiger partial charge in [-0.25, -0.2) is 9.78 Å². The van der Waals surface area contributed by atoms with Crippen LogP contribution in [0.4, 0.5) is 0 Å². The average molecular weight is 397 g/mol. The smallest absolute Gasteiger partial charge is 0.338 e. The lowest BCUT2D eigenvalue weighted by Gasteiger charge is -2.11. The molecule has 0 radical (unpaired) electrons. The predicted molar refractivity (Wildman–Crippen MR) is 114 cm³/mol. The second-order valence-corrected chi connectivity index (χ2v) is 6.57. The highest BCUT2D eigenvalue weighted by atomic mass is 16.5. The zero-order chi connectivity index (χ0) is 20.8. The number of hydrogen-bond acceptors (Lipinski definition) is 5. The first-order valence-corrected chi connectivity index (χ1v) is 9.53. The van der Waals surface area contributed by atoms with Crippen LogP contribution in [0.25, 0.3) is 22.2 Å². The highest BCUT2D eigenvalue weighted by molar-refractivity contribution is 6.04. The van der Waals surface area contributed by atoms with E-state index in [9.17, 15) is 9.59 Å². The number of pyridine rings is 2. The highest BCUT2D eigenvalue weighted by Gasteiger charge is 2.15. The lowest BCUT2D eigenvalue weighted by atomic mass is 10.0. The molecular formula is C24H19N3O3. The summed E-state index contributed by atoms with van der Waals surface area (Å²) in [6.07, 6.45) is 3.08. The van der Waals surface area contributed by atoms with Crippen LogP contribution in [0.2, 0.25) is 0 Å². The van der Waals surface area contributed by atoms with E-state index < -0.39 is 5.97 Å². The van der Waals surface area contributed by atoms with Crippen LogP contribution in [0.5, 0.6) is 0 Å². The molecule has 148 valence electrons. The molecule has 0 atom stereocenters. The van der Waals surface area contributed by atoms with Crippen molar-refractivity contribution in [1.29, 1.82) is 0 Å². The molecule has 2 aromatic heterocycles. The number of benzene rings is 2. The van der Waals surface area contributed by atoms with Gasteiger partial charge in [0, 0.05) is 23.3 Å². The molecule has 0 saturated carbocycles. The Morgan fingerprint density at radius 3 is 2.53 bits per heavy atom. The molecule has 4 rings (SSSR count). The van der Waals surface area contributed by atoms with E-state index in [-0.39, 0.29) is 19.1 Å². The summed E-state index contributed by atoms with van der Waals surface area (Å²) < 4.78 is 5.42. The molecule has 6 nitrogen and oxygen atoms in total. The van der Waals surface area contributed by atoms with Crippen LogP contribution in [0.3, 0.4) is 0 Å². The van der Waals surface area contributed by atoms with Gasteiger partial charge in [-0.15, -0.1) is 0 Å². The lowest BCUT2D eigenvalue weighted by molar-refractivity contribution is 0.0505. The zero-order valence-corrected chi connectivity index (χ0v) is 16.1. The maximum Gasteiger partial charge on any atom is 0.338 e. The van der Waals surface area contributed by atoms with Crippen molar-refractivity contribution in [2.75, 3.05) is 13.2 Å². The molecule has 0 unspecified atom stereocenters. The van der Waals surface area contributed by atoms with Crippen molar-refractivity contribution in [3.05, 3.63) is 96.3 Å². The van der Waals surface area contributed by atoms with Crippen LogP contribution in [0.1, 0.15) is 20.7 Å². The maximum absolute atomic E-state index is 12.8. The van der Waals surface area contributed by atoms with Crippen LogP contribution in [0, 0.1) is 0 Å². The number of ether oxygens (including phenoxy) is 1. The monoisotopic (exact) mass is 397 g/mol. The number of carbonyl (C=O) groups excluding carboxylic acids is 2. The minimum atomic E-state index is -0.457. The number of nitrogens with one attached hydrogen (secondary N) is 1. The van der Waals surface area contributed by atoms with E-state index in [0.29, 0.717) is 16.8 Å². The Hall–Kier alpha value is -4.06. The summed E-state index contributed by atoms with van der Waals surface area (Å²) in [7, 11) is 0. The van der Waals surface area contributed by atoms with Crippen LogP contribution in [-0.2, 0) is 4.74 Å². The van der Waals surface area contributed by atoms with Gasteiger partial charge in [0.1, 0.15) is 6.61 Å². The zero-order valence-electron chi connectivity index (χ0n) is 16.1. The Morgan fingerprint density at radius 2 is 1.73 bits per heavy atom. The molecule has 0 aliphatic heterocycles. The first-order chi connectivity index (χ1) is 14.7. The number of carbonyl (C=O) groups is 2. The van der Waals surface area contributed by atoms with Crippen molar-refractivity contribution in [1.82, 2.24) is 15.3 Å². The molecule has 1 amide bonds. The molecule has 30 heavy (non-hydrogen) atoms. The quantitative estimate of drug-likeness (QED) is 0.394. The summed E-state index contributed by atoms with van der Waals surface area (Å²) in [5.41, 5.74) is 3.23. The van der Waals surface area contributed by atoms with E-state index >= 15 is 0 Å². The number of aromatic nitrogens is 2. The van der Waals surface area contributed by atoms with Gasteiger partial charge in [0.2, 0.25) is 0 Å². The Bertz CT molecular complexity index is 1180. The van der Waals surface area contributed by atoms with Gasteiger partial charge in [0.25, 0.3) is 5.91 Å². The molecule has 2 aromatic carbocycles. The third-order valence-corrected chi connectivity index (χ3v) is 4.55. The van der Waals surface area contributed by atoms with Crippen molar-refractivity contribution < 1.29 is 14.3 Å². The fraction of sp³-hybridized carbons (Fsp3) is 0.0833. The SMILES string of the molecule is O=C(NCCOC(=O)c1cc(-c2ccccc2)nc2ccccc12)c1cccnc1. The van der Waals surface area contributed by atoms with Gasteiger partial charge in [0.05, 0.1) is 28.9 Å². The maximum atomic E-state index is 12.8. The molecule has 0 bridgehead atoms. The summed E-state index contributed by atoms with van der Waals surface area (Å²) in [6.45, 7) is 0.260. The number of amides is 1. The third-order valence-electron chi connectivity index (χ3n) is 4.55. The van der Waals surface area contributed by atoms with E-state index in [1.165, 1.54) is 6.20 Å². The van der Waals surface area contributed by atoms with Gasteiger partial charge in [-0.05, 0) is 24.3 Å². The minimum absolute atomic E-state index is 0.0577. The second-order valence-electron chi connectivity index (χ2n) is 6.57. The van der Waals surface area contributed by atoms with E-state index in [4.69, 9.17) is 4.74 Å². The van der Waals surface area contributed by atoms with Crippen molar-refractivity contribution in [3.8, 4) is 11.3 Å². The largest absolute Gasteiger partial charge is 0.460 e. The number of rotatable bonds is 6. The van der Waals surface area contributed by atoms with Crippen LogP contribution < -0.4 is 5.32 Å². The normalized spacial score (nSPS) is 10.5. The predicted octanol–water partition coefficient (Wildman–Crippen LogP) is 3.88. The Balaban J connectivity index is 1.48. The Kier molecular flexibility index (Phi) is 5.75. The Labute approximate surface area is 173 Å². The number of hydrogen-bond donors (Lipinski definition) is 1.